The van der Waals surface area contributed by atoms with Gasteiger partial charge in [-0.15, -0.1) is 0 Å². The van der Waals surface area contributed by atoms with E-state index in [4.69, 9.17) is 0 Å². The maximum Gasteiger partial charge on any atom is 0.267 e. The molecule has 1 heterocycles. The molecule has 0 atom stereocenters. The summed E-state index contributed by atoms with van der Waals surface area (Å²) in [6, 6.07) is 0.116. The van der Waals surface area contributed by atoms with Crippen LogP contribution in [0.1, 0.15) is 20.3 Å². The molecule has 6 heteroatoms. The molecular formula is C10H14BrN3O2. The van der Waals surface area contributed by atoms with Crippen LogP contribution in [0.4, 0.5) is 0 Å². The average molecular weight is 288 g/mol. The van der Waals surface area contributed by atoms with Gasteiger partial charge in [0.2, 0.25) is 5.91 Å². The highest BCUT2D eigenvalue weighted by Crippen LogP contribution is 1.98. The number of nitrogens with zero attached hydrogens (tertiary/aromatic N) is 2. The largest absolute Gasteiger partial charge is 0.354 e. The summed E-state index contributed by atoms with van der Waals surface area (Å²) in [4.78, 5) is 26.8. The lowest BCUT2D eigenvalue weighted by molar-refractivity contribution is -0.121. The Balaban J connectivity index is 2.58. The molecule has 1 aromatic heterocycles. The van der Waals surface area contributed by atoms with Gasteiger partial charge in [0.15, 0.2) is 0 Å². The Hall–Kier alpha value is -1.17. The van der Waals surface area contributed by atoms with Gasteiger partial charge in [-0.2, -0.15) is 0 Å². The molecule has 0 aliphatic heterocycles. The number of amides is 1. The SMILES string of the molecule is CC(C)NC(=O)CCn1cncc(Br)c1=O. The van der Waals surface area contributed by atoms with E-state index >= 15 is 0 Å². The molecule has 1 amide bonds. The first-order valence-corrected chi connectivity index (χ1v) is 5.79. The zero-order valence-electron chi connectivity index (χ0n) is 9.24. The molecule has 88 valence electrons. The average Bonchev–Trinajstić information content (AvgIpc) is 2.19. The normalized spacial score (nSPS) is 10.5. The van der Waals surface area contributed by atoms with Crippen molar-refractivity contribution in [2.45, 2.75) is 32.9 Å². The van der Waals surface area contributed by atoms with Crippen molar-refractivity contribution in [1.29, 1.82) is 0 Å². The number of carbonyl (C=O) groups is 1. The summed E-state index contributed by atoms with van der Waals surface area (Å²) in [7, 11) is 0. The standard InChI is InChI=1S/C10H14BrN3O2/c1-7(2)13-9(15)3-4-14-6-12-5-8(11)10(14)16/h5-7H,3-4H2,1-2H3,(H,13,15). The summed E-state index contributed by atoms with van der Waals surface area (Å²) in [5.41, 5.74) is -0.174. The Morgan fingerprint density at radius 1 is 1.62 bits per heavy atom. The molecule has 0 radical (unpaired) electrons. The van der Waals surface area contributed by atoms with Crippen LogP contribution < -0.4 is 10.9 Å². The van der Waals surface area contributed by atoms with Crippen LogP contribution in [0.15, 0.2) is 21.8 Å². The van der Waals surface area contributed by atoms with E-state index in [1.807, 2.05) is 13.8 Å². The highest BCUT2D eigenvalue weighted by molar-refractivity contribution is 9.10. The monoisotopic (exact) mass is 287 g/mol. The summed E-state index contributed by atoms with van der Waals surface area (Å²) in [5, 5.41) is 2.76. The second-order valence-corrected chi connectivity index (χ2v) is 4.57. The number of halogens is 1. The highest BCUT2D eigenvalue weighted by Gasteiger charge is 2.05. The molecule has 1 aromatic rings. The second kappa shape index (κ2) is 5.79. The van der Waals surface area contributed by atoms with E-state index in [0.717, 1.165) is 0 Å². The number of aromatic nitrogens is 2. The van der Waals surface area contributed by atoms with Crippen molar-refractivity contribution in [3.8, 4) is 0 Å². The van der Waals surface area contributed by atoms with Gasteiger partial charge in [0.05, 0.1) is 6.33 Å². The third kappa shape index (κ3) is 3.77. The molecule has 0 unspecified atom stereocenters. The van der Waals surface area contributed by atoms with Crippen LogP contribution in [-0.2, 0) is 11.3 Å². The van der Waals surface area contributed by atoms with Crippen molar-refractivity contribution < 1.29 is 4.79 Å². The molecule has 0 saturated carbocycles. The van der Waals surface area contributed by atoms with Gasteiger partial charge in [0.1, 0.15) is 4.47 Å². The molecular weight excluding hydrogens is 274 g/mol. The van der Waals surface area contributed by atoms with Crippen molar-refractivity contribution >= 4 is 21.8 Å². The van der Waals surface area contributed by atoms with E-state index in [0.29, 0.717) is 11.0 Å². The lowest BCUT2D eigenvalue weighted by Gasteiger charge is -2.09. The number of nitrogens with one attached hydrogen (secondary N) is 1. The van der Waals surface area contributed by atoms with E-state index in [1.165, 1.54) is 17.1 Å². The summed E-state index contributed by atoms with van der Waals surface area (Å²) in [5.74, 6) is -0.0677. The fourth-order valence-electron chi connectivity index (χ4n) is 1.20. The number of aryl methyl sites for hydroxylation is 1. The van der Waals surface area contributed by atoms with Gasteiger partial charge in [0, 0.05) is 25.2 Å². The van der Waals surface area contributed by atoms with Gasteiger partial charge in [-0.3, -0.25) is 14.2 Å². The minimum Gasteiger partial charge on any atom is -0.354 e. The molecule has 1 rings (SSSR count). The zero-order valence-corrected chi connectivity index (χ0v) is 10.8. The Labute approximate surface area is 102 Å². The molecule has 5 nitrogen and oxygen atoms in total. The van der Waals surface area contributed by atoms with Gasteiger partial charge >= 0.3 is 0 Å². The minimum absolute atomic E-state index is 0.0677. The lowest BCUT2D eigenvalue weighted by atomic mass is 10.3. The summed E-state index contributed by atoms with van der Waals surface area (Å²) in [6.45, 7) is 4.12. The van der Waals surface area contributed by atoms with Crippen molar-refractivity contribution in [3.63, 3.8) is 0 Å². The lowest BCUT2D eigenvalue weighted by Crippen LogP contribution is -2.32. The Morgan fingerprint density at radius 3 is 2.94 bits per heavy atom. The topological polar surface area (TPSA) is 64.0 Å². The van der Waals surface area contributed by atoms with E-state index < -0.39 is 0 Å². The summed E-state index contributed by atoms with van der Waals surface area (Å²) >= 11 is 3.10. The molecule has 0 aliphatic carbocycles. The predicted octanol–water partition coefficient (Wildman–Crippen LogP) is 0.920. The molecule has 1 N–H and O–H groups in total. The molecule has 0 fully saturated rings. The van der Waals surface area contributed by atoms with Gasteiger partial charge in [0.25, 0.3) is 5.56 Å². The van der Waals surface area contributed by atoms with Crippen molar-refractivity contribution in [1.82, 2.24) is 14.9 Å². The van der Waals surface area contributed by atoms with Gasteiger partial charge in [-0.05, 0) is 29.8 Å². The van der Waals surface area contributed by atoms with Crippen LogP contribution in [0.5, 0.6) is 0 Å². The van der Waals surface area contributed by atoms with E-state index in [2.05, 4.69) is 26.2 Å². The van der Waals surface area contributed by atoms with Gasteiger partial charge in [-0.25, -0.2) is 4.98 Å². The Morgan fingerprint density at radius 2 is 2.31 bits per heavy atom. The van der Waals surface area contributed by atoms with Crippen LogP contribution in [0.25, 0.3) is 0 Å². The van der Waals surface area contributed by atoms with Crippen LogP contribution in [0.3, 0.4) is 0 Å². The first kappa shape index (κ1) is 12.9. The van der Waals surface area contributed by atoms with Crippen LogP contribution in [-0.4, -0.2) is 21.5 Å². The highest BCUT2D eigenvalue weighted by atomic mass is 79.9. The zero-order chi connectivity index (χ0) is 12.1. The van der Waals surface area contributed by atoms with Crippen molar-refractivity contribution in [2.24, 2.45) is 0 Å². The first-order chi connectivity index (χ1) is 7.50. The van der Waals surface area contributed by atoms with Crippen molar-refractivity contribution in [2.75, 3.05) is 0 Å². The summed E-state index contributed by atoms with van der Waals surface area (Å²) in [6.07, 6.45) is 3.14. The third-order valence-corrected chi connectivity index (χ3v) is 2.43. The molecule has 0 aromatic carbocycles. The van der Waals surface area contributed by atoms with Crippen LogP contribution in [0.2, 0.25) is 0 Å². The Bertz CT molecular complexity index is 428. The molecule has 16 heavy (non-hydrogen) atoms. The number of rotatable bonds is 4. The minimum atomic E-state index is -0.174. The van der Waals surface area contributed by atoms with E-state index in [9.17, 15) is 9.59 Å². The fourth-order valence-corrected chi connectivity index (χ4v) is 1.55. The fraction of sp³-hybridized carbons (Fsp3) is 0.500. The number of carbonyl (C=O) groups excluding carboxylic acids is 1. The van der Waals surface area contributed by atoms with Crippen LogP contribution in [0, 0.1) is 0 Å². The van der Waals surface area contributed by atoms with Gasteiger partial charge in [-0.1, -0.05) is 0 Å². The molecule has 0 spiro atoms. The maximum atomic E-state index is 11.5. The van der Waals surface area contributed by atoms with E-state index in [-0.39, 0.29) is 23.9 Å². The maximum absolute atomic E-state index is 11.5. The second-order valence-electron chi connectivity index (χ2n) is 3.71. The van der Waals surface area contributed by atoms with Crippen molar-refractivity contribution in [3.05, 3.63) is 27.4 Å². The number of hydrogen-bond acceptors (Lipinski definition) is 3. The smallest absolute Gasteiger partial charge is 0.267 e. The number of hydrogen-bond donors (Lipinski definition) is 1. The van der Waals surface area contributed by atoms with Gasteiger partial charge < -0.3 is 5.32 Å². The Kier molecular flexibility index (Phi) is 4.67. The summed E-state index contributed by atoms with van der Waals surface area (Å²) < 4.78 is 1.81. The molecule has 0 aliphatic rings. The van der Waals surface area contributed by atoms with E-state index in [1.54, 1.807) is 0 Å². The first-order valence-electron chi connectivity index (χ1n) is 5.00. The predicted molar refractivity (Wildman–Crippen MR) is 64.1 cm³/mol. The third-order valence-electron chi connectivity index (χ3n) is 1.89. The molecule has 0 bridgehead atoms. The quantitative estimate of drug-likeness (QED) is 0.896. The van der Waals surface area contributed by atoms with Crippen LogP contribution >= 0.6 is 15.9 Å². The molecule has 0 saturated heterocycles.